The largest absolute Gasteiger partial charge is 0.253 e. The highest BCUT2D eigenvalue weighted by Crippen LogP contribution is 2.15. The van der Waals surface area contributed by atoms with E-state index in [1.807, 2.05) is 19.9 Å². The first-order valence-electron chi connectivity index (χ1n) is 4.35. The Morgan fingerprint density at radius 2 is 2.00 bits per heavy atom. The van der Waals surface area contributed by atoms with Crippen molar-refractivity contribution in [3.63, 3.8) is 0 Å². The zero-order valence-electron chi connectivity index (χ0n) is 8.07. The number of benzene rings is 1. The van der Waals surface area contributed by atoms with Gasteiger partial charge in [-0.15, -0.1) is 0 Å². The minimum atomic E-state index is 0.664. The molecule has 1 aromatic carbocycles. The van der Waals surface area contributed by atoms with Crippen LogP contribution in [0.4, 0.5) is 0 Å². The Morgan fingerprint density at radius 1 is 1.21 bits per heavy atom. The lowest BCUT2D eigenvalue weighted by molar-refractivity contribution is 1.18. The molecule has 0 bridgehead atoms. The summed E-state index contributed by atoms with van der Waals surface area (Å²) in [4.78, 5) is 8.56. The average molecular weight is 183 g/mol. The molecular weight excluding hydrogens is 174 g/mol. The quantitative estimate of drug-likeness (QED) is 0.628. The molecule has 0 spiro atoms. The van der Waals surface area contributed by atoms with Gasteiger partial charge in [0.25, 0.3) is 0 Å². The summed E-state index contributed by atoms with van der Waals surface area (Å²) in [6.07, 6.45) is 1.73. The lowest BCUT2D eigenvalue weighted by Crippen LogP contribution is -1.90. The van der Waals surface area contributed by atoms with Crippen molar-refractivity contribution < 1.29 is 0 Å². The molecule has 1 aromatic heterocycles. The van der Waals surface area contributed by atoms with Crippen LogP contribution in [0.2, 0.25) is 0 Å². The van der Waals surface area contributed by atoms with Crippen LogP contribution in [0.25, 0.3) is 11.0 Å². The summed E-state index contributed by atoms with van der Waals surface area (Å²) < 4.78 is 0. The average Bonchev–Trinajstić information content (AvgIpc) is 2.17. The van der Waals surface area contributed by atoms with Crippen LogP contribution in [0.3, 0.4) is 0 Å². The van der Waals surface area contributed by atoms with Crippen LogP contribution in [0.15, 0.2) is 18.3 Å². The van der Waals surface area contributed by atoms with Gasteiger partial charge in [0.2, 0.25) is 0 Å². The van der Waals surface area contributed by atoms with E-state index in [-0.39, 0.29) is 0 Å². The molecule has 68 valence electrons. The monoisotopic (exact) mass is 183 g/mol. The van der Waals surface area contributed by atoms with Gasteiger partial charge in [-0.3, -0.25) is 4.98 Å². The first kappa shape index (κ1) is 8.64. The van der Waals surface area contributed by atoms with Crippen LogP contribution in [-0.2, 0) is 0 Å². The first-order valence-corrected chi connectivity index (χ1v) is 4.35. The number of hydrogen-bond donors (Lipinski definition) is 0. The lowest BCUT2D eigenvalue weighted by atomic mass is 10.1. The molecule has 3 heteroatoms. The predicted octanol–water partition coefficient (Wildman–Crippen LogP) is 2.12. The van der Waals surface area contributed by atoms with Crippen LogP contribution >= 0.6 is 0 Å². The minimum absolute atomic E-state index is 0.664. The Kier molecular flexibility index (Phi) is 1.90. The molecule has 2 aromatic rings. The maximum Gasteiger partial charge on any atom is 0.0995 e. The molecule has 0 radical (unpaired) electrons. The lowest BCUT2D eigenvalue weighted by Gasteiger charge is -2.01. The molecule has 0 unspecified atom stereocenters. The van der Waals surface area contributed by atoms with Crippen molar-refractivity contribution in [1.29, 1.82) is 5.26 Å². The van der Waals surface area contributed by atoms with Gasteiger partial charge in [0, 0.05) is 6.20 Å². The number of fused-ring (bicyclic) bond motifs is 1. The summed E-state index contributed by atoms with van der Waals surface area (Å²) in [5, 5.41) is 8.85. The Labute approximate surface area is 82.0 Å². The second kappa shape index (κ2) is 3.08. The third kappa shape index (κ3) is 1.31. The van der Waals surface area contributed by atoms with E-state index in [1.165, 1.54) is 0 Å². The van der Waals surface area contributed by atoms with E-state index in [0.29, 0.717) is 5.56 Å². The Bertz CT molecular complexity index is 538. The van der Waals surface area contributed by atoms with Gasteiger partial charge >= 0.3 is 0 Å². The van der Waals surface area contributed by atoms with Crippen LogP contribution in [-0.4, -0.2) is 9.97 Å². The summed E-state index contributed by atoms with van der Waals surface area (Å²) >= 11 is 0. The van der Waals surface area contributed by atoms with Crippen LogP contribution in [0, 0.1) is 25.2 Å². The van der Waals surface area contributed by atoms with E-state index in [1.54, 1.807) is 12.3 Å². The van der Waals surface area contributed by atoms with Gasteiger partial charge in [-0.05, 0) is 31.5 Å². The number of rotatable bonds is 0. The van der Waals surface area contributed by atoms with Crippen LogP contribution < -0.4 is 0 Å². The van der Waals surface area contributed by atoms with Gasteiger partial charge < -0.3 is 0 Å². The number of nitriles is 1. The summed E-state index contributed by atoms with van der Waals surface area (Å²) in [7, 11) is 0. The third-order valence-electron chi connectivity index (χ3n) is 2.13. The summed E-state index contributed by atoms with van der Waals surface area (Å²) in [5.74, 6) is 0. The highest BCUT2D eigenvalue weighted by atomic mass is 14.8. The molecule has 0 N–H and O–H groups in total. The van der Waals surface area contributed by atoms with E-state index in [2.05, 4.69) is 16.0 Å². The topological polar surface area (TPSA) is 49.6 Å². The Hall–Kier alpha value is -1.95. The molecule has 2 rings (SSSR count). The van der Waals surface area contributed by atoms with Gasteiger partial charge in [-0.1, -0.05) is 0 Å². The maximum absolute atomic E-state index is 8.85. The van der Waals surface area contributed by atoms with Crippen LogP contribution in [0.5, 0.6) is 0 Å². The molecule has 1 heterocycles. The van der Waals surface area contributed by atoms with Crippen molar-refractivity contribution in [3.8, 4) is 6.07 Å². The molecule has 0 aliphatic rings. The molecule has 0 aliphatic heterocycles. The molecule has 0 saturated heterocycles. The standard InChI is InChI=1S/C11H9N3/c1-7-3-10-11(4-9(7)5-12)14-8(2)6-13-10/h3-4,6H,1-2H3. The van der Waals surface area contributed by atoms with Crippen molar-refractivity contribution in [1.82, 2.24) is 9.97 Å². The number of aryl methyl sites for hydroxylation is 2. The SMILES string of the molecule is Cc1cnc2cc(C)c(C#N)cc2n1. The summed E-state index contributed by atoms with van der Waals surface area (Å²) in [5.41, 5.74) is 4.10. The van der Waals surface area contributed by atoms with Crippen molar-refractivity contribution in [2.45, 2.75) is 13.8 Å². The predicted molar refractivity (Wildman–Crippen MR) is 53.7 cm³/mol. The van der Waals surface area contributed by atoms with Gasteiger partial charge in [0.05, 0.1) is 28.4 Å². The number of nitrogens with zero attached hydrogens (tertiary/aromatic N) is 3. The zero-order valence-corrected chi connectivity index (χ0v) is 8.07. The van der Waals surface area contributed by atoms with E-state index in [9.17, 15) is 0 Å². The Morgan fingerprint density at radius 3 is 2.71 bits per heavy atom. The van der Waals surface area contributed by atoms with Crippen molar-refractivity contribution in [3.05, 3.63) is 35.2 Å². The number of hydrogen-bond acceptors (Lipinski definition) is 3. The molecule has 3 nitrogen and oxygen atoms in total. The fourth-order valence-electron chi connectivity index (χ4n) is 1.38. The van der Waals surface area contributed by atoms with Crippen molar-refractivity contribution in [2.24, 2.45) is 0 Å². The van der Waals surface area contributed by atoms with E-state index < -0.39 is 0 Å². The second-order valence-electron chi connectivity index (χ2n) is 3.28. The Balaban J connectivity index is 2.82. The van der Waals surface area contributed by atoms with E-state index in [0.717, 1.165) is 22.3 Å². The zero-order chi connectivity index (χ0) is 10.1. The summed E-state index contributed by atoms with van der Waals surface area (Å²) in [6, 6.07) is 5.81. The molecule has 14 heavy (non-hydrogen) atoms. The van der Waals surface area contributed by atoms with Crippen LogP contribution in [0.1, 0.15) is 16.8 Å². The first-order chi connectivity index (χ1) is 6.70. The molecule has 0 fully saturated rings. The highest BCUT2D eigenvalue weighted by Gasteiger charge is 2.02. The molecule has 0 amide bonds. The molecule has 0 atom stereocenters. The van der Waals surface area contributed by atoms with Crippen molar-refractivity contribution in [2.75, 3.05) is 0 Å². The summed E-state index contributed by atoms with van der Waals surface area (Å²) in [6.45, 7) is 3.79. The minimum Gasteiger partial charge on any atom is -0.253 e. The highest BCUT2D eigenvalue weighted by molar-refractivity contribution is 5.77. The molecular formula is C11H9N3. The normalized spacial score (nSPS) is 10.1. The van der Waals surface area contributed by atoms with E-state index >= 15 is 0 Å². The molecule has 0 aliphatic carbocycles. The smallest absolute Gasteiger partial charge is 0.0995 e. The third-order valence-corrected chi connectivity index (χ3v) is 2.13. The van der Waals surface area contributed by atoms with Gasteiger partial charge in [0.1, 0.15) is 0 Å². The molecule has 0 saturated carbocycles. The van der Waals surface area contributed by atoms with Crippen molar-refractivity contribution >= 4 is 11.0 Å². The maximum atomic E-state index is 8.85. The number of aromatic nitrogens is 2. The fraction of sp³-hybridized carbons (Fsp3) is 0.182. The van der Waals surface area contributed by atoms with Gasteiger partial charge in [0.15, 0.2) is 0 Å². The van der Waals surface area contributed by atoms with E-state index in [4.69, 9.17) is 5.26 Å². The fourth-order valence-corrected chi connectivity index (χ4v) is 1.38. The van der Waals surface area contributed by atoms with Gasteiger partial charge in [-0.25, -0.2) is 4.98 Å². The second-order valence-corrected chi connectivity index (χ2v) is 3.28. The van der Waals surface area contributed by atoms with Gasteiger partial charge in [-0.2, -0.15) is 5.26 Å².